The summed E-state index contributed by atoms with van der Waals surface area (Å²) in [7, 11) is 1.99. The fourth-order valence-corrected chi connectivity index (χ4v) is 3.84. The van der Waals surface area contributed by atoms with Crippen molar-refractivity contribution in [3.05, 3.63) is 102 Å². The fraction of sp³-hybridized carbons (Fsp3) is 0.214. The number of para-hydroxylation sites is 1. The number of aliphatic carboxylic acids is 1. The highest BCUT2D eigenvalue weighted by molar-refractivity contribution is 6.00. The van der Waals surface area contributed by atoms with Crippen LogP contribution in [0.4, 0.5) is 13.2 Å². The second-order valence-corrected chi connectivity index (χ2v) is 8.80. The van der Waals surface area contributed by atoms with Crippen molar-refractivity contribution in [3.63, 3.8) is 0 Å². The van der Waals surface area contributed by atoms with E-state index in [0.717, 1.165) is 23.0 Å². The Balaban J connectivity index is 0.000000532. The van der Waals surface area contributed by atoms with Gasteiger partial charge in [0.1, 0.15) is 18.9 Å². The largest absolute Gasteiger partial charge is 0.542 e. The summed E-state index contributed by atoms with van der Waals surface area (Å²) in [6.45, 7) is 1.89. The highest BCUT2D eigenvalue weighted by Crippen LogP contribution is 2.23. The van der Waals surface area contributed by atoms with Crippen molar-refractivity contribution in [2.45, 2.75) is 25.7 Å². The highest BCUT2D eigenvalue weighted by atomic mass is 19.4. The number of benzene rings is 2. The fourth-order valence-electron chi connectivity index (χ4n) is 3.84. The standard InChI is InChI=1S/C26H28N5O.C2HF3O2/c1-30-13-10-19(11-14-30)17-29-12-9-25(32)24-16-21-6-2-3-8-23(21)31(24)18-20-5-4-7-22(15-20)26(27)28;3-2(4,5)1(6)7/h2-8,10-11,13-16,29H,9,12,17-18H2,1H3,(H3,27,28);(H,6,7)/q+1;/p-1. The number of amidine groups is 1. The molecule has 0 radical (unpaired) electrons. The number of fused-ring (bicyclic) bond motifs is 1. The van der Waals surface area contributed by atoms with Gasteiger partial charge in [-0.25, -0.2) is 4.57 Å². The molecule has 2 aromatic heterocycles. The van der Waals surface area contributed by atoms with Crippen LogP contribution in [0.2, 0.25) is 0 Å². The topological polar surface area (TPSA) is 128 Å². The number of carbonyl (C=O) groups excluding carboxylic acids is 2. The molecule has 39 heavy (non-hydrogen) atoms. The molecule has 0 aliphatic rings. The molecular weight excluding hydrogens is 511 g/mol. The molecule has 0 saturated carbocycles. The van der Waals surface area contributed by atoms with Gasteiger partial charge in [-0.15, -0.1) is 0 Å². The van der Waals surface area contributed by atoms with E-state index in [1.54, 1.807) is 0 Å². The minimum absolute atomic E-state index is 0.0405. The van der Waals surface area contributed by atoms with Crippen LogP contribution in [0.15, 0.2) is 79.1 Å². The lowest BCUT2D eigenvalue weighted by atomic mass is 10.1. The van der Waals surface area contributed by atoms with Crippen molar-refractivity contribution < 1.29 is 32.4 Å². The number of pyridine rings is 1. The van der Waals surface area contributed by atoms with E-state index in [1.807, 2.05) is 78.6 Å². The van der Waals surface area contributed by atoms with E-state index in [0.29, 0.717) is 30.8 Å². The van der Waals surface area contributed by atoms with Gasteiger partial charge in [-0.2, -0.15) is 13.2 Å². The summed E-state index contributed by atoms with van der Waals surface area (Å²) in [5.74, 6) is -2.86. The number of nitrogens with two attached hydrogens (primary N) is 1. The van der Waals surface area contributed by atoms with Gasteiger partial charge in [0.25, 0.3) is 0 Å². The molecule has 0 aliphatic heterocycles. The number of carbonyl (C=O) groups is 2. The summed E-state index contributed by atoms with van der Waals surface area (Å²) in [5, 5.41) is 20.9. The maximum atomic E-state index is 13.1. The average molecular weight is 540 g/mol. The van der Waals surface area contributed by atoms with E-state index in [9.17, 15) is 18.0 Å². The summed E-state index contributed by atoms with van der Waals surface area (Å²) in [6, 6.07) is 21.8. The maximum Gasteiger partial charge on any atom is 0.430 e. The van der Waals surface area contributed by atoms with Crippen molar-refractivity contribution in [3.8, 4) is 0 Å². The van der Waals surface area contributed by atoms with Crippen molar-refractivity contribution in [2.24, 2.45) is 12.8 Å². The number of hydrogen-bond donors (Lipinski definition) is 3. The molecule has 0 fully saturated rings. The molecule has 0 saturated heterocycles. The smallest absolute Gasteiger partial charge is 0.430 e. The average Bonchev–Trinajstić information content (AvgIpc) is 3.26. The lowest BCUT2D eigenvalue weighted by Crippen LogP contribution is -2.37. The molecule has 4 aromatic rings. The summed E-state index contributed by atoms with van der Waals surface area (Å²) in [6.07, 6.45) is -0.742. The summed E-state index contributed by atoms with van der Waals surface area (Å²) >= 11 is 0. The predicted molar refractivity (Wildman–Crippen MR) is 138 cm³/mol. The van der Waals surface area contributed by atoms with Crippen LogP contribution in [0.3, 0.4) is 0 Å². The van der Waals surface area contributed by atoms with Gasteiger partial charge in [-0.05, 0) is 29.3 Å². The zero-order chi connectivity index (χ0) is 28.6. The molecule has 0 unspecified atom stereocenters. The molecule has 8 nitrogen and oxygen atoms in total. The molecule has 11 heteroatoms. The molecular formula is C28H28F3N5O3. The molecule has 204 valence electrons. The molecule has 2 heterocycles. The van der Waals surface area contributed by atoms with E-state index in [1.165, 1.54) is 5.56 Å². The molecule has 0 bridgehead atoms. The van der Waals surface area contributed by atoms with E-state index >= 15 is 0 Å². The number of nitrogens with zero attached hydrogens (tertiary/aromatic N) is 2. The Morgan fingerprint density at radius 2 is 1.69 bits per heavy atom. The number of Topliss-reactive ketones (excluding diaryl/α,β-unsaturated/α-hetero) is 1. The van der Waals surface area contributed by atoms with Gasteiger partial charge in [-0.1, -0.05) is 36.4 Å². The van der Waals surface area contributed by atoms with Crippen LogP contribution < -0.4 is 20.7 Å². The number of aryl methyl sites for hydroxylation is 1. The van der Waals surface area contributed by atoms with E-state index in [4.69, 9.17) is 21.0 Å². The number of ketones is 1. The first kappa shape index (κ1) is 29.1. The number of carboxylic acids is 1. The van der Waals surface area contributed by atoms with E-state index in [-0.39, 0.29) is 11.6 Å². The maximum absolute atomic E-state index is 13.1. The van der Waals surface area contributed by atoms with Crippen LogP contribution in [0.25, 0.3) is 10.9 Å². The molecule has 0 atom stereocenters. The van der Waals surface area contributed by atoms with Crippen molar-refractivity contribution in [1.82, 2.24) is 9.88 Å². The minimum atomic E-state index is -5.19. The second-order valence-electron chi connectivity index (χ2n) is 8.80. The van der Waals surface area contributed by atoms with E-state index in [2.05, 4.69) is 22.0 Å². The van der Waals surface area contributed by atoms with Gasteiger partial charge >= 0.3 is 6.18 Å². The Hall–Kier alpha value is -4.51. The van der Waals surface area contributed by atoms with Crippen LogP contribution in [-0.4, -0.2) is 34.9 Å². The molecule has 2 aromatic carbocycles. The number of halogens is 3. The van der Waals surface area contributed by atoms with Crippen LogP contribution in [-0.2, 0) is 24.9 Å². The number of nitrogens with one attached hydrogen (secondary N) is 2. The van der Waals surface area contributed by atoms with Gasteiger partial charge < -0.3 is 25.5 Å². The monoisotopic (exact) mass is 539 g/mol. The number of hydrogen-bond acceptors (Lipinski definition) is 5. The molecule has 0 amide bonds. The lowest BCUT2D eigenvalue weighted by molar-refractivity contribution is -0.671. The highest BCUT2D eigenvalue weighted by Gasteiger charge is 2.28. The van der Waals surface area contributed by atoms with Gasteiger partial charge in [0.05, 0.1) is 5.69 Å². The van der Waals surface area contributed by atoms with Crippen LogP contribution >= 0.6 is 0 Å². The lowest BCUT2D eigenvalue weighted by Gasteiger charge is -2.12. The number of aromatic nitrogens is 2. The van der Waals surface area contributed by atoms with Gasteiger partial charge in [0.15, 0.2) is 18.2 Å². The Morgan fingerprint density at radius 1 is 1.03 bits per heavy atom. The minimum Gasteiger partial charge on any atom is -0.542 e. The summed E-state index contributed by atoms with van der Waals surface area (Å²) in [5.41, 5.74) is 10.3. The van der Waals surface area contributed by atoms with Crippen molar-refractivity contribution in [1.29, 1.82) is 5.41 Å². The Morgan fingerprint density at radius 3 is 2.33 bits per heavy atom. The number of alkyl halides is 3. The number of carboxylic acid groups (broad SMARTS) is 1. The van der Waals surface area contributed by atoms with Crippen molar-refractivity contribution >= 4 is 28.5 Å². The zero-order valence-corrected chi connectivity index (χ0v) is 21.2. The van der Waals surface area contributed by atoms with Crippen LogP contribution in [0.1, 0.15) is 33.6 Å². The van der Waals surface area contributed by atoms with Crippen LogP contribution in [0, 0.1) is 5.41 Å². The third-order valence-corrected chi connectivity index (χ3v) is 5.81. The molecule has 0 aliphatic carbocycles. The SMILES string of the molecule is C[n+]1ccc(CNCCC(=O)c2cc3ccccc3n2Cc2cccc(C(=N)N)c2)cc1.O=C([O-])C(F)(F)F. The normalized spacial score (nSPS) is 11.1. The third-order valence-electron chi connectivity index (χ3n) is 5.81. The van der Waals surface area contributed by atoms with Gasteiger partial charge in [-0.3, -0.25) is 10.2 Å². The van der Waals surface area contributed by atoms with Gasteiger partial charge in [0, 0.05) is 54.7 Å². The summed E-state index contributed by atoms with van der Waals surface area (Å²) in [4.78, 5) is 21.9. The first-order valence-corrected chi connectivity index (χ1v) is 11.9. The Labute approximate surface area is 223 Å². The molecule has 4 rings (SSSR count). The third kappa shape index (κ3) is 8.24. The Bertz CT molecular complexity index is 1460. The number of nitrogen functional groups attached to an aromatic ring is 1. The molecule has 4 N–H and O–H groups in total. The first-order valence-electron chi connectivity index (χ1n) is 11.9. The van der Waals surface area contributed by atoms with Crippen molar-refractivity contribution in [2.75, 3.05) is 6.54 Å². The molecule has 0 spiro atoms. The van der Waals surface area contributed by atoms with Gasteiger partial charge in [0.2, 0.25) is 0 Å². The van der Waals surface area contributed by atoms with E-state index < -0.39 is 12.1 Å². The Kier molecular flexibility index (Phi) is 9.56. The quantitative estimate of drug-likeness (QED) is 0.0990. The second kappa shape index (κ2) is 12.8. The predicted octanol–water partition coefficient (Wildman–Crippen LogP) is 2.46. The summed E-state index contributed by atoms with van der Waals surface area (Å²) < 4.78 is 35.6. The first-order chi connectivity index (χ1) is 18.5. The zero-order valence-electron chi connectivity index (χ0n) is 21.2. The van der Waals surface area contributed by atoms with Crippen LogP contribution in [0.5, 0.6) is 0 Å². The number of rotatable bonds is 9.